The van der Waals surface area contributed by atoms with Crippen LogP contribution in [0.25, 0.3) is 0 Å². The third-order valence-corrected chi connectivity index (χ3v) is 6.83. The highest BCUT2D eigenvalue weighted by Crippen LogP contribution is 2.37. The van der Waals surface area contributed by atoms with E-state index in [1.54, 1.807) is 19.9 Å². The zero-order chi connectivity index (χ0) is 24.2. The molecule has 5 nitrogen and oxygen atoms in total. The van der Waals surface area contributed by atoms with Crippen LogP contribution in [0.5, 0.6) is 5.75 Å². The molecule has 1 aliphatic rings. The van der Waals surface area contributed by atoms with Gasteiger partial charge in [-0.1, -0.05) is 74.5 Å². The number of amides is 2. The summed E-state index contributed by atoms with van der Waals surface area (Å²) < 4.78 is 26.7. The standard InChI is InChI=1S/C27H25BrFNO4/c1-17(18(2)26(31)30-24(16-34-27(30)32)20-11-7-4-8-12-20)21-13-22(28)25(14-23(21)29)33-15-19-9-5-3-6-10-19/h3-14,17-18,24H,15-16H2,1-2H3/t17-,18+,24+/m1/s1. The average Bonchev–Trinajstić information content (AvgIpc) is 3.25. The minimum atomic E-state index is -0.677. The van der Waals surface area contributed by atoms with Crippen molar-refractivity contribution in [2.45, 2.75) is 32.4 Å². The molecule has 7 heteroatoms. The number of benzene rings is 3. The van der Waals surface area contributed by atoms with Crippen LogP contribution in [0.3, 0.4) is 0 Å². The molecule has 0 radical (unpaired) electrons. The predicted molar refractivity (Wildman–Crippen MR) is 130 cm³/mol. The molecule has 1 fully saturated rings. The molecule has 0 unspecified atom stereocenters. The average molecular weight is 526 g/mol. The van der Waals surface area contributed by atoms with E-state index in [1.807, 2.05) is 60.7 Å². The molecule has 1 aliphatic heterocycles. The van der Waals surface area contributed by atoms with Gasteiger partial charge in [0.25, 0.3) is 0 Å². The van der Waals surface area contributed by atoms with E-state index >= 15 is 4.39 Å². The van der Waals surface area contributed by atoms with E-state index in [0.717, 1.165) is 16.0 Å². The molecule has 3 atom stereocenters. The van der Waals surface area contributed by atoms with Gasteiger partial charge < -0.3 is 9.47 Å². The Balaban J connectivity index is 1.51. The first kappa shape index (κ1) is 24.0. The van der Waals surface area contributed by atoms with Crippen molar-refractivity contribution >= 4 is 27.9 Å². The van der Waals surface area contributed by atoms with Gasteiger partial charge in [0.05, 0.1) is 4.47 Å². The van der Waals surface area contributed by atoms with Crippen LogP contribution >= 0.6 is 15.9 Å². The van der Waals surface area contributed by atoms with Gasteiger partial charge in [0.2, 0.25) is 5.91 Å². The minimum absolute atomic E-state index is 0.100. The maximum atomic E-state index is 15.1. The first-order valence-electron chi connectivity index (χ1n) is 11.1. The molecule has 0 spiro atoms. The lowest BCUT2D eigenvalue weighted by Crippen LogP contribution is -2.39. The Hall–Kier alpha value is -3.19. The van der Waals surface area contributed by atoms with Crippen molar-refractivity contribution in [3.8, 4) is 5.75 Å². The van der Waals surface area contributed by atoms with E-state index in [4.69, 9.17) is 9.47 Å². The number of ether oxygens (including phenoxy) is 2. The lowest BCUT2D eigenvalue weighted by atomic mass is 9.87. The van der Waals surface area contributed by atoms with Crippen LogP contribution < -0.4 is 4.74 Å². The number of nitrogens with zero attached hydrogens (tertiary/aromatic N) is 1. The highest BCUT2D eigenvalue weighted by molar-refractivity contribution is 9.10. The zero-order valence-electron chi connectivity index (χ0n) is 18.9. The van der Waals surface area contributed by atoms with Gasteiger partial charge in [-0.15, -0.1) is 0 Å². The fraction of sp³-hybridized carbons (Fsp3) is 0.259. The minimum Gasteiger partial charge on any atom is -0.488 e. The summed E-state index contributed by atoms with van der Waals surface area (Å²) in [6, 6.07) is 21.3. The molecular weight excluding hydrogens is 501 g/mol. The van der Waals surface area contributed by atoms with Crippen molar-refractivity contribution in [3.63, 3.8) is 0 Å². The number of imide groups is 1. The predicted octanol–water partition coefficient (Wildman–Crippen LogP) is 6.63. The number of hydrogen-bond donors (Lipinski definition) is 0. The quantitative estimate of drug-likeness (QED) is 0.347. The van der Waals surface area contributed by atoms with E-state index in [0.29, 0.717) is 22.4 Å². The number of hydrogen-bond acceptors (Lipinski definition) is 4. The molecule has 3 aromatic carbocycles. The fourth-order valence-corrected chi connectivity index (χ4v) is 4.50. The van der Waals surface area contributed by atoms with E-state index < -0.39 is 35.7 Å². The van der Waals surface area contributed by atoms with Gasteiger partial charge in [0.15, 0.2) is 0 Å². The largest absolute Gasteiger partial charge is 0.488 e. The number of cyclic esters (lactones) is 1. The van der Waals surface area contributed by atoms with Crippen LogP contribution in [0.2, 0.25) is 0 Å². The van der Waals surface area contributed by atoms with Gasteiger partial charge in [-0.2, -0.15) is 0 Å². The maximum Gasteiger partial charge on any atom is 0.417 e. The number of halogens is 2. The summed E-state index contributed by atoms with van der Waals surface area (Å²) in [7, 11) is 0. The van der Waals surface area contributed by atoms with Crippen LogP contribution in [-0.4, -0.2) is 23.5 Å². The van der Waals surface area contributed by atoms with Crippen LogP contribution in [0.4, 0.5) is 9.18 Å². The van der Waals surface area contributed by atoms with Crippen molar-refractivity contribution in [2.24, 2.45) is 5.92 Å². The van der Waals surface area contributed by atoms with Crippen LogP contribution in [-0.2, 0) is 16.1 Å². The molecule has 0 aromatic heterocycles. The van der Waals surface area contributed by atoms with Crippen molar-refractivity contribution in [1.29, 1.82) is 0 Å². The molecule has 0 aliphatic carbocycles. The van der Waals surface area contributed by atoms with Gasteiger partial charge in [0, 0.05) is 12.0 Å². The summed E-state index contributed by atoms with van der Waals surface area (Å²) in [4.78, 5) is 26.9. The van der Waals surface area contributed by atoms with Crippen LogP contribution in [0, 0.1) is 11.7 Å². The lowest BCUT2D eigenvalue weighted by molar-refractivity contribution is -0.133. The smallest absolute Gasteiger partial charge is 0.417 e. The fourth-order valence-electron chi connectivity index (χ4n) is 4.03. The summed E-state index contributed by atoms with van der Waals surface area (Å²) in [6.07, 6.45) is -0.677. The highest BCUT2D eigenvalue weighted by atomic mass is 79.9. The Morgan fingerprint density at radius 1 is 1.12 bits per heavy atom. The first-order chi connectivity index (χ1) is 16.4. The Morgan fingerprint density at radius 3 is 2.44 bits per heavy atom. The zero-order valence-corrected chi connectivity index (χ0v) is 20.5. The first-order valence-corrected chi connectivity index (χ1v) is 11.9. The Bertz CT molecular complexity index is 1170. The Morgan fingerprint density at radius 2 is 1.76 bits per heavy atom. The van der Waals surface area contributed by atoms with E-state index in [1.165, 1.54) is 6.07 Å². The number of carbonyl (C=O) groups is 2. The molecular formula is C27H25BrFNO4. The van der Waals surface area contributed by atoms with Crippen molar-refractivity contribution in [1.82, 2.24) is 4.90 Å². The monoisotopic (exact) mass is 525 g/mol. The maximum absolute atomic E-state index is 15.1. The van der Waals surface area contributed by atoms with Gasteiger partial charge in [0.1, 0.15) is 30.8 Å². The molecule has 1 saturated heterocycles. The second-order valence-corrected chi connectivity index (χ2v) is 9.22. The van der Waals surface area contributed by atoms with Gasteiger partial charge in [-0.3, -0.25) is 4.79 Å². The van der Waals surface area contributed by atoms with Crippen molar-refractivity contribution in [3.05, 3.63) is 99.8 Å². The normalized spacial score (nSPS) is 17.2. The highest BCUT2D eigenvalue weighted by Gasteiger charge is 2.42. The third kappa shape index (κ3) is 4.99. The Labute approximate surface area is 206 Å². The molecule has 176 valence electrons. The second kappa shape index (κ2) is 10.4. The molecule has 34 heavy (non-hydrogen) atoms. The van der Waals surface area contributed by atoms with Crippen LogP contribution in [0.1, 0.15) is 42.5 Å². The molecule has 4 rings (SSSR count). The number of rotatable bonds is 7. The van der Waals surface area contributed by atoms with Crippen LogP contribution in [0.15, 0.2) is 77.3 Å². The molecule has 0 bridgehead atoms. The second-order valence-electron chi connectivity index (χ2n) is 8.37. The molecule has 0 saturated carbocycles. The summed E-state index contributed by atoms with van der Waals surface area (Å²) >= 11 is 3.46. The molecule has 0 N–H and O–H groups in total. The van der Waals surface area contributed by atoms with E-state index in [2.05, 4.69) is 15.9 Å². The third-order valence-electron chi connectivity index (χ3n) is 6.21. The number of carbonyl (C=O) groups excluding carboxylic acids is 2. The summed E-state index contributed by atoms with van der Waals surface area (Å²) in [6.45, 7) is 3.88. The van der Waals surface area contributed by atoms with E-state index in [9.17, 15) is 9.59 Å². The van der Waals surface area contributed by atoms with Crippen molar-refractivity contribution < 1.29 is 23.5 Å². The topological polar surface area (TPSA) is 55.8 Å². The van der Waals surface area contributed by atoms with E-state index in [-0.39, 0.29) is 6.61 Å². The summed E-state index contributed by atoms with van der Waals surface area (Å²) in [5, 5.41) is 0. The Kier molecular flexibility index (Phi) is 7.32. The van der Waals surface area contributed by atoms with Gasteiger partial charge in [-0.05, 0) is 44.6 Å². The summed E-state index contributed by atoms with van der Waals surface area (Å²) in [5.74, 6) is -1.64. The SMILES string of the molecule is C[C@H](C(=O)N1C(=O)OC[C@H]1c1ccccc1)[C@@H](C)c1cc(Br)c(OCc2ccccc2)cc1F. The molecule has 2 amide bonds. The summed E-state index contributed by atoms with van der Waals surface area (Å²) in [5.41, 5.74) is 2.15. The molecule has 1 heterocycles. The molecule has 3 aromatic rings. The van der Waals surface area contributed by atoms with Gasteiger partial charge in [-0.25, -0.2) is 14.1 Å². The van der Waals surface area contributed by atoms with Gasteiger partial charge >= 0.3 is 6.09 Å². The van der Waals surface area contributed by atoms with Crippen molar-refractivity contribution in [2.75, 3.05) is 6.61 Å². The lowest BCUT2D eigenvalue weighted by Gasteiger charge is -2.27.